The van der Waals surface area contributed by atoms with Crippen LogP contribution in [0.3, 0.4) is 0 Å². The largest absolute Gasteiger partial charge is 0.396 e. The van der Waals surface area contributed by atoms with E-state index in [0.29, 0.717) is 11.5 Å². The standard InChI is InChI=1S/C13H17FN2O/c1-16(8-9-3-2-4-9)13(17)10-5-6-12(15)11(14)7-10/h5-7,9H,2-4,8,15H2,1H3. The van der Waals surface area contributed by atoms with E-state index in [4.69, 9.17) is 5.73 Å². The maximum absolute atomic E-state index is 13.2. The molecule has 0 bridgehead atoms. The maximum atomic E-state index is 13.2. The average molecular weight is 236 g/mol. The molecule has 0 spiro atoms. The molecule has 2 rings (SSSR count). The molecule has 92 valence electrons. The third-order valence-corrected chi connectivity index (χ3v) is 3.35. The molecule has 0 atom stereocenters. The van der Waals surface area contributed by atoms with Crippen molar-refractivity contribution in [3.05, 3.63) is 29.6 Å². The van der Waals surface area contributed by atoms with E-state index in [9.17, 15) is 9.18 Å². The molecule has 1 saturated carbocycles. The van der Waals surface area contributed by atoms with Crippen molar-refractivity contribution in [1.82, 2.24) is 4.90 Å². The Kier molecular flexibility index (Phi) is 3.31. The zero-order chi connectivity index (χ0) is 12.4. The first kappa shape index (κ1) is 11.9. The summed E-state index contributed by atoms with van der Waals surface area (Å²) in [5.74, 6) is -0.0636. The van der Waals surface area contributed by atoms with Gasteiger partial charge in [0.15, 0.2) is 0 Å². The summed E-state index contributed by atoms with van der Waals surface area (Å²) in [6, 6.07) is 4.20. The van der Waals surface area contributed by atoms with Gasteiger partial charge in [-0.15, -0.1) is 0 Å². The normalized spacial score (nSPS) is 15.4. The minimum absolute atomic E-state index is 0.0724. The zero-order valence-electron chi connectivity index (χ0n) is 9.95. The highest BCUT2D eigenvalue weighted by molar-refractivity contribution is 5.94. The Bertz CT molecular complexity index is 429. The first-order valence-electron chi connectivity index (χ1n) is 5.88. The maximum Gasteiger partial charge on any atom is 0.253 e. The summed E-state index contributed by atoms with van der Waals surface area (Å²) < 4.78 is 13.2. The van der Waals surface area contributed by atoms with Crippen LogP contribution in [-0.2, 0) is 0 Å². The molecule has 3 nitrogen and oxygen atoms in total. The molecule has 0 aliphatic heterocycles. The first-order valence-corrected chi connectivity index (χ1v) is 5.88. The SMILES string of the molecule is CN(CC1CCC1)C(=O)c1ccc(N)c(F)c1. The van der Waals surface area contributed by atoms with Gasteiger partial charge < -0.3 is 10.6 Å². The lowest BCUT2D eigenvalue weighted by molar-refractivity contribution is 0.0745. The molecule has 4 heteroatoms. The molecule has 1 aliphatic carbocycles. The Morgan fingerprint density at radius 1 is 1.53 bits per heavy atom. The molecule has 1 aromatic rings. The molecule has 0 unspecified atom stereocenters. The van der Waals surface area contributed by atoms with Gasteiger partial charge in [0.1, 0.15) is 5.82 Å². The van der Waals surface area contributed by atoms with E-state index in [1.54, 1.807) is 18.0 Å². The summed E-state index contributed by atoms with van der Waals surface area (Å²) in [5, 5.41) is 0. The summed E-state index contributed by atoms with van der Waals surface area (Å²) >= 11 is 0. The molecule has 1 aliphatic rings. The van der Waals surface area contributed by atoms with E-state index in [1.807, 2.05) is 0 Å². The molecule has 1 amide bonds. The van der Waals surface area contributed by atoms with E-state index in [2.05, 4.69) is 0 Å². The Labute approximate surface area is 100 Å². The number of carbonyl (C=O) groups excluding carboxylic acids is 1. The molecular weight excluding hydrogens is 219 g/mol. The highest BCUT2D eigenvalue weighted by Crippen LogP contribution is 2.27. The minimum Gasteiger partial charge on any atom is -0.396 e. The van der Waals surface area contributed by atoms with Crippen molar-refractivity contribution in [3.8, 4) is 0 Å². The smallest absolute Gasteiger partial charge is 0.253 e. The fourth-order valence-corrected chi connectivity index (χ4v) is 2.03. The van der Waals surface area contributed by atoms with Crippen molar-refractivity contribution in [1.29, 1.82) is 0 Å². The Morgan fingerprint density at radius 3 is 2.76 bits per heavy atom. The van der Waals surface area contributed by atoms with Crippen LogP contribution < -0.4 is 5.73 Å². The van der Waals surface area contributed by atoms with Crippen LogP contribution in [0.1, 0.15) is 29.6 Å². The lowest BCUT2D eigenvalue weighted by Crippen LogP contribution is -2.34. The van der Waals surface area contributed by atoms with Gasteiger partial charge in [0.2, 0.25) is 0 Å². The predicted octanol–water partition coefficient (Wildman–Crippen LogP) is 2.28. The van der Waals surface area contributed by atoms with Gasteiger partial charge in [-0.2, -0.15) is 0 Å². The fraction of sp³-hybridized carbons (Fsp3) is 0.462. The second-order valence-corrected chi connectivity index (χ2v) is 4.72. The van der Waals surface area contributed by atoms with E-state index >= 15 is 0 Å². The molecule has 0 saturated heterocycles. The Balaban J connectivity index is 2.04. The van der Waals surface area contributed by atoms with Crippen molar-refractivity contribution in [3.63, 3.8) is 0 Å². The summed E-state index contributed by atoms with van der Waals surface area (Å²) in [5.41, 5.74) is 5.81. The van der Waals surface area contributed by atoms with Crippen molar-refractivity contribution < 1.29 is 9.18 Å². The fourth-order valence-electron chi connectivity index (χ4n) is 2.03. The summed E-state index contributed by atoms with van der Waals surface area (Å²) in [4.78, 5) is 13.7. The topological polar surface area (TPSA) is 46.3 Å². The second kappa shape index (κ2) is 4.73. The van der Waals surface area contributed by atoms with E-state index in [1.165, 1.54) is 31.4 Å². The number of hydrogen-bond donors (Lipinski definition) is 1. The number of nitrogens with two attached hydrogens (primary N) is 1. The van der Waals surface area contributed by atoms with Gasteiger partial charge in [-0.3, -0.25) is 4.79 Å². The number of halogens is 1. The molecule has 17 heavy (non-hydrogen) atoms. The van der Waals surface area contributed by atoms with Crippen molar-refractivity contribution in [2.24, 2.45) is 5.92 Å². The number of rotatable bonds is 3. The van der Waals surface area contributed by atoms with Gasteiger partial charge in [-0.1, -0.05) is 6.42 Å². The third-order valence-electron chi connectivity index (χ3n) is 3.35. The average Bonchev–Trinajstić information content (AvgIpc) is 2.26. The van der Waals surface area contributed by atoms with E-state index in [-0.39, 0.29) is 11.6 Å². The van der Waals surface area contributed by atoms with Crippen LogP contribution in [0.4, 0.5) is 10.1 Å². The first-order chi connectivity index (χ1) is 8.08. The van der Waals surface area contributed by atoms with Crippen LogP contribution in [-0.4, -0.2) is 24.4 Å². The van der Waals surface area contributed by atoms with Crippen LogP contribution in [0, 0.1) is 11.7 Å². The van der Waals surface area contributed by atoms with E-state index in [0.717, 1.165) is 6.54 Å². The lowest BCUT2D eigenvalue weighted by Gasteiger charge is -2.30. The van der Waals surface area contributed by atoms with Gasteiger partial charge in [0.05, 0.1) is 5.69 Å². The Hall–Kier alpha value is -1.58. The number of nitrogen functional groups attached to an aromatic ring is 1. The Morgan fingerprint density at radius 2 is 2.24 bits per heavy atom. The van der Waals surface area contributed by atoms with Gasteiger partial charge in [-0.05, 0) is 37.0 Å². The highest BCUT2D eigenvalue weighted by Gasteiger charge is 2.22. The molecule has 0 aromatic heterocycles. The van der Waals surface area contributed by atoms with Crippen molar-refractivity contribution in [2.75, 3.05) is 19.3 Å². The number of benzene rings is 1. The summed E-state index contributed by atoms with van der Waals surface area (Å²) in [7, 11) is 1.76. The minimum atomic E-state index is -0.534. The molecular formula is C13H17FN2O. The van der Waals surface area contributed by atoms with Crippen LogP contribution in [0.2, 0.25) is 0 Å². The monoisotopic (exact) mass is 236 g/mol. The highest BCUT2D eigenvalue weighted by atomic mass is 19.1. The third kappa shape index (κ3) is 2.57. The number of nitrogens with zero attached hydrogens (tertiary/aromatic N) is 1. The molecule has 0 radical (unpaired) electrons. The lowest BCUT2D eigenvalue weighted by atomic mass is 9.85. The molecule has 1 aromatic carbocycles. The van der Waals surface area contributed by atoms with Crippen molar-refractivity contribution in [2.45, 2.75) is 19.3 Å². The summed E-state index contributed by atoms with van der Waals surface area (Å²) in [6.07, 6.45) is 3.63. The number of hydrogen-bond acceptors (Lipinski definition) is 2. The number of carbonyl (C=O) groups is 1. The molecule has 0 heterocycles. The van der Waals surface area contributed by atoms with Crippen LogP contribution in [0.5, 0.6) is 0 Å². The van der Waals surface area contributed by atoms with Gasteiger partial charge >= 0.3 is 0 Å². The van der Waals surface area contributed by atoms with Crippen LogP contribution >= 0.6 is 0 Å². The number of amides is 1. The predicted molar refractivity (Wildman–Crippen MR) is 65.1 cm³/mol. The van der Waals surface area contributed by atoms with Crippen molar-refractivity contribution >= 4 is 11.6 Å². The van der Waals surface area contributed by atoms with Gasteiger partial charge in [0, 0.05) is 19.2 Å². The van der Waals surface area contributed by atoms with Crippen LogP contribution in [0.25, 0.3) is 0 Å². The van der Waals surface area contributed by atoms with E-state index < -0.39 is 5.82 Å². The second-order valence-electron chi connectivity index (χ2n) is 4.72. The van der Waals surface area contributed by atoms with Gasteiger partial charge in [0.25, 0.3) is 5.91 Å². The number of anilines is 1. The summed E-state index contributed by atoms with van der Waals surface area (Å²) in [6.45, 7) is 0.755. The quantitative estimate of drug-likeness (QED) is 0.818. The molecule has 2 N–H and O–H groups in total. The molecule has 1 fully saturated rings. The zero-order valence-corrected chi connectivity index (χ0v) is 9.95. The van der Waals surface area contributed by atoms with Gasteiger partial charge in [-0.25, -0.2) is 4.39 Å². The van der Waals surface area contributed by atoms with Crippen LogP contribution in [0.15, 0.2) is 18.2 Å².